The summed E-state index contributed by atoms with van der Waals surface area (Å²) < 4.78 is 13.1. The van der Waals surface area contributed by atoms with Crippen molar-refractivity contribution in [2.45, 2.75) is 25.8 Å². The molecule has 4 rings (SSSR count). The van der Waals surface area contributed by atoms with Crippen LogP contribution in [0.25, 0.3) is 0 Å². The highest BCUT2D eigenvalue weighted by Gasteiger charge is 2.33. The summed E-state index contributed by atoms with van der Waals surface area (Å²) in [6.45, 7) is 2.93. The van der Waals surface area contributed by atoms with Gasteiger partial charge in [0.1, 0.15) is 5.82 Å². The maximum absolute atomic E-state index is 13.1. The third kappa shape index (κ3) is 4.93. The summed E-state index contributed by atoms with van der Waals surface area (Å²) in [6.07, 6.45) is -0.188. The van der Waals surface area contributed by atoms with Crippen LogP contribution in [0.2, 0.25) is 0 Å². The van der Waals surface area contributed by atoms with Crippen LogP contribution in [0.3, 0.4) is 0 Å². The van der Waals surface area contributed by atoms with E-state index < -0.39 is 11.9 Å². The van der Waals surface area contributed by atoms with Gasteiger partial charge in [-0.05, 0) is 30.2 Å². The summed E-state index contributed by atoms with van der Waals surface area (Å²) in [5.74, 6) is -2.67. The van der Waals surface area contributed by atoms with Crippen LogP contribution >= 0.6 is 11.3 Å². The smallest absolute Gasteiger partial charge is 0.326 e. The fourth-order valence-electron chi connectivity index (χ4n) is 3.78. The number of carbonyl (C=O) groups excluding carboxylic acids is 2. The van der Waals surface area contributed by atoms with Crippen LogP contribution < -0.4 is 4.90 Å². The van der Waals surface area contributed by atoms with Gasteiger partial charge >= 0.3 is 12.0 Å². The van der Waals surface area contributed by atoms with Crippen molar-refractivity contribution in [1.82, 2.24) is 9.88 Å². The molecule has 0 spiro atoms. The first kappa shape index (κ1) is 22.6. The molecular weight excluding hydrogens is 445 g/mol. The molecule has 1 aromatic heterocycles. The fourth-order valence-corrected chi connectivity index (χ4v) is 4.82. The van der Waals surface area contributed by atoms with Gasteiger partial charge in [-0.2, -0.15) is 0 Å². The average Bonchev–Trinajstić information content (AvgIpc) is 3.36. The Hall–Kier alpha value is -3.59. The van der Waals surface area contributed by atoms with Crippen LogP contribution in [-0.4, -0.2) is 45.9 Å². The van der Waals surface area contributed by atoms with Gasteiger partial charge < -0.3 is 10.0 Å². The number of carboxylic acids is 1. The molecule has 2 aromatic carbocycles. The van der Waals surface area contributed by atoms with Gasteiger partial charge in [0.15, 0.2) is 10.9 Å². The van der Waals surface area contributed by atoms with Crippen LogP contribution in [0, 0.1) is 12.7 Å². The summed E-state index contributed by atoms with van der Waals surface area (Å²) in [5.41, 5.74) is 1.85. The van der Waals surface area contributed by atoms with Crippen molar-refractivity contribution in [2.24, 2.45) is 0 Å². The predicted molar refractivity (Wildman–Crippen MR) is 122 cm³/mol. The van der Waals surface area contributed by atoms with Crippen molar-refractivity contribution in [2.75, 3.05) is 18.0 Å². The molecular formula is C24H22FN3O4S. The lowest BCUT2D eigenvalue weighted by atomic mass is 9.93. The molecule has 33 heavy (non-hydrogen) atoms. The number of hydrogen-bond acceptors (Lipinski definition) is 5. The minimum Gasteiger partial charge on any atom is -0.481 e. The first-order chi connectivity index (χ1) is 15.8. The van der Waals surface area contributed by atoms with E-state index in [9.17, 15) is 23.9 Å². The number of benzene rings is 2. The molecule has 2 heterocycles. The van der Waals surface area contributed by atoms with Crippen LogP contribution in [0.1, 0.15) is 38.8 Å². The van der Waals surface area contributed by atoms with Crippen molar-refractivity contribution in [3.63, 3.8) is 0 Å². The topological polar surface area (TPSA) is 90.8 Å². The van der Waals surface area contributed by atoms with E-state index in [1.807, 2.05) is 0 Å². The average molecular weight is 468 g/mol. The summed E-state index contributed by atoms with van der Waals surface area (Å²) in [6, 6.07) is 14.4. The van der Waals surface area contributed by atoms with Crippen molar-refractivity contribution in [3.8, 4) is 0 Å². The Balaban J connectivity index is 1.47. The van der Waals surface area contributed by atoms with Gasteiger partial charge in [0, 0.05) is 26.1 Å². The number of carboxylic acid groups (broad SMARTS) is 1. The highest BCUT2D eigenvalue weighted by atomic mass is 32.1. The van der Waals surface area contributed by atoms with Gasteiger partial charge in [-0.15, -0.1) is 0 Å². The van der Waals surface area contributed by atoms with Crippen LogP contribution in [0.5, 0.6) is 0 Å². The molecule has 1 saturated heterocycles. The Labute approximate surface area is 194 Å². The minimum absolute atomic E-state index is 0.188. The number of ketones is 1. The molecule has 0 aliphatic carbocycles. The third-order valence-electron chi connectivity index (χ3n) is 5.54. The SMILES string of the molecule is Cc1nc(N2CCN(Cc3ccc(F)cc3)C2=O)sc1C(=O)C[C@H](C(=O)O)c1ccccc1. The zero-order chi connectivity index (χ0) is 23.5. The summed E-state index contributed by atoms with van der Waals surface area (Å²) in [5, 5.41) is 10.0. The molecule has 0 unspecified atom stereocenters. The number of anilines is 1. The number of urea groups is 1. The maximum Gasteiger partial charge on any atom is 0.326 e. The Morgan fingerprint density at radius 2 is 1.82 bits per heavy atom. The number of Topliss-reactive ketones (excluding diaryl/α,β-unsaturated/α-hetero) is 1. The number of amides is 2. The zero-order valence-electron chi connectivity index (χ0n) is 17.9. The van der Waals surface area contributed by atoms with E-state index in [1.165, 1.54) is 17.0 Å². The van der Waals surface area contributed by atoms with Crippen molar-refractivity contribution in [1.29, 1.82) is 0 Å². The summed E-state index contributed by atoms with van der Waals surface area (Å²) in [7, 11) is 0. The summed E-state index contributed by atoms with van der Waals surface area (Å²) >= 11 is 1.10. The molecule has 1 fully saturated rings. The molecule has 1 N–H and O–H groups in total. The number of nitrogens with zero attached hydrogens (tertiary/aromatic N) is 3. The second-order valence-electron chi connectivity index (χ2n) is 7.82. The number of carbonyl (C=O) groups is 3. The van der Waals surface area contributed by atoms with Crippen molar-refractivity contribution < 1.29 is 23.9 Å². The normalized spacial score (nSPS) is 14.5. The van der Waals surface area contributed by atoms with Gasteiger partial charge in [0.25, 0.3) is 0 Å². The van der Waals surface area contributed by atoms with E-state index in [2.05, 4.69) is 4.98 Å². The number of rotatable bonds is 8. The number of aromatic nitrogens is 1. The molecule has 0 radical (unpaired) electrons. The second kappa shape index (κ2) is 9.50. The number of aliphatic carboxylic acids is 1. The molecule has 1 aliphatic rings. The molecule has 1 aliphatic heterocycles. The van der Waals surface area contributed by atoms with Gasteiger partial charge in [-0.1, -0.05) is 53.8 Å². The molecule has 9 heteroatoms. The Morgan fingerprint density at radius 1 is 1.12 bits per heavy atom. The zero-order valence-corrected chi connectivity index (χ0v) is 18.7. The van der Waals surface area contributed by atoms with Crippen LogP contribution in [0.15, 0.2) is 54.6 Å². The molecule has 0 saturated carbocycles. The highest BCUT2D eigenvalue weighted by Crippen LogP contribution is 2.32. The lowest BCUT2D eigenvalue weighted by molar-refractivity contribution is -0.138. The predicted octanol–water partition coefficient (Wildman–Crippen LogP) is 4.47. The van der Waals surface area contributed by atoms with Gasteiger partial charge in [0.2, 0.25) is 0 Å². The number of aryl methyl sites for hydroxylation is 1. The molecule has 3 aromatic rings. The quantitative estimate of drug-likeness (QED) is 0.494. The van der Waals surface area contributed by atoms with Crippen molar-refractivity contribution >= 4 is 34.3 Å². The Morgan fingerprint density at radius 3 is 2.48 bits per heavy atom. The van der Waals surface area contributed by atoms with Gasteiger partial charge in [0.05, 0.1) is 16.5 Å². The monoisotopic (exact) mass is 467 g/mol. The lowest BCUT2D eigenvalue weighted by Gasteiger charge is -2.17. The van der Waals surface area contributed by atoms with E-state index in [0.29, 0.717) is 40.9 Å². The molecule has 2 amide bonds. The maximum atomic E-state index is 13.1. The summed E-state index contributed by atoms with van der Waals surface area (Å²) in [4.78, 5) is 45.6. The molecule has 7 nitrogen and oxygen atoms in total. The minimum atomic E-state index is -1.07. The fraction of sp³-hybridized carbons (Fsp3) is 0.250. The van der Waals surface area contributed by atoms with E-state index in [-0.39, 0.29) is 24.1 Å². The molecule has 1 atom stereocenters. The first-order valence-electron chi connectivity index (χ1n) is 10.4. The Bertz CT molecular complexity index is 1180. The third-order valence-corrected chi connectivity index (χ3v) is 6.76. The van der Waals surface area contributed by atoms with Gasteiger partial charge in [-0.25, -0.2) is 14.2 Å². The second-order valence-corrected chi connectivity index (χ2v) is 8.80. The van der Waals surface area contributed by atoms with E-state index >= 15 is 0 Å². The largest absolute Gasteiger partial charge is 0.481 e. The number of halogens is 1. The van der Waals surface area contributed by atoms with E-state index in [1.54, 1.807) is 54.3 Å². The first-order valence-corrected chi connectivity index (χ1v) is 11.2. The number of thiazole rings is 1. The van der Waals surface area contributed by atoms with E-state index in [4.69, 9.17) is 0 Å². The standard InChI is InChI=1S/C24H22FN3O4S/c1-15-21(20(29)13-19(22(30)31)17-5-3-2-4-6-17)33-23(26-15)28-12-11-27(24(28)32)14-16-7-9-18(25)10-8-16/h2-10,19H,11-14H2,1H3,(H,30,31)/t19-/m0/s1. The molecule has 0 bridgehead atoms. The lowest BCUT2D eigenvalue weighted by Crippen LogP contribution is -2.31. The van der Waals surface area contributed by atoms with Crippen LogP contribution in [-0.2, 0) is 11.3 Å². The van der Waals surface area contributed by atoms with Gasteiger partial charge in [-0.3, -0.25) is 14.5 Å². The van der Waals surface area contributed by atoms with Crippen molar-refractivity contribution in [3.05, 3.63) is 82.1 Å². The highest BCUT2D eigenvalue weighted by molar-refractivity contribution is 7.17. The van der Waals surface area contributed by atoms with Crippen LogP contribution in [0.4, 0.5) is 14.3 Å². The van der Waals surface area contributed by atoms with E-state index in [0.717, 1.165) is 16.9 Å². The molecule has 170 valence electrons. The number of hydrogen-bond donors (Lipinski definition) is 1. The Kier molecular flexibility index (Phi) is 6.50.